The van der Waals surface area contributed by atoms with Crippen molar-refractivity contribution in [2.24, 2.45) is 0 Å². The Kier molecular flexibility index (Phi) is 5.04. The number of imide groups is 1. The van der Waals surface area contributed by atoms with Gasteiger partial charge in [-0.2, -0.15) is 13.2 Å². The summed E-state index contributed by atoms with van der Waals surface area (Å²) in [5.41, 5.74) is -1.49. The molecule has 1 aliphatic rings. The van der Waals surface area contributed by atoms with Crippen LogP contribution in [0, 0.1) is 5.82 Å². The van der Waals surface area contributed by atoms with E-state index < -0.39 is 48.1 Å². The maximum atomic E-state index is 14.1. The molecule has 10 heteroatoms. The van der Waals surface area contributed by atoms with Crippen molar-refractivity contribution < 1.29 is 37.1 Å². The van der Waals surface area contributed by atoms with Crippen LogP contribution in [0.15, 0.2) is 42.5 Å². The number of alkyl halides is 3. The fourth-order valence-electron chi connectivity index (χ4n) is 3.13. The Hall–Kier alpha value is -3.43. The highest BCUT2D eigenvalue weighted by Gasteiger charge is 2.42. The molecule has 0 saturated heterocycles. The van der Waals surface area contributed by atoms with E-state index in [1.807, 2.05) is 0 Å². The van der Waals surface area contributed by atoms with Gasteiger partial charge in [-0.1, -0.05) is 18.2 Å². The number of likely N-dealkylation sites (N-methyl/N-ethyl adjacent to an activating group) is 1. The minimum Gasteiger partial charge on any atom is -0.465 e. The van der Waals surface area contributed by atoms with Crippen LogP contribution in [0.1, 0.15) is 37.9 Å². The molecule has 1 heterocycles. The third-order valence-corrected chi connectivity index (χ3v) is 4.59. The molecule has 29 heavy (non-hydrogen) atoms. The molecule has 0 spiro atoms. The van der Waals surface area contributed by atoms with E-state index in [0.717, 1.165) is 22.9 Å². The highest BCUT2D eigenvalue weighted by atomic mass is 19.4. The van der Waals surface area contributed by atoms with Gasteiger partial charge in [-0.05, 0) is 29.8 Å². The molecule has 1 N–H and O–H groups in total. The number of hydrogen-bond donors (Lipinski definition) is 1. The van der Waals surface area contributed by atoms with E-state index in [9.17, 15) is 31.9 Å². The normalized spacial score (nSPS) is 14.7. The van der Waals surface area contributed by atoms with Crippen LogP contribution in [0.2, 0.25) is 0 Å². The van der Waals surface area contributed by atoms with Gasteiger partial charge < -0.3 is 10.0 Å². The lowest BCUT2D eigenvalue weighted by Crippen LogP contribution is -2.41. The van der Waals surface area contributed by atoms with Crippen molar-refractivity contribution in [1.29, 1.82) is 0 Å². The average molecular weight is 410 g/mol. The minimum absolute atomic E-state index is 0.0767. The number of amides is 3. The first-order valence-corrected chi connectivity index (χ1v) is 8.30. The van der Waals surface area contributed by atoms with E-state index in [1.165, 1.54) is 24.3 Å². The number of carbonyl (C=O) groups is 3. The van der Waals surface area contributed by atoms with Crippen LogP contribution in [0.5, 0.6) is 0 Å². The molecular formula is C19H14F4N2O4. The highest BCUT2D eigenvalue weighted by molar-refractivity contribution is 6.21. The first-order chi connectivity index (χ1) is 13.5. The Balaban J connectivity index is 2.07. The van der Waals surface area contributed by atoms with E-state index in [1.54, 1.807) is 0 Å². The molecule has 0 aliphatic carbocycles. The number of carbonyl (C=O) groups excluding carboxylic acids is 2. The third kappa shape index (κ3) is 3.65. The molecule has 2 aromatic rings. The van der Waals surface area contributed by atoms with Crippen molar-refractivity contribution >= 4 is 17.9 Å². The summed E-state index contributed by atoms with van der Waals surface area (Å²) in [5.74, 6) is -3.07. The first kappa shape index (κ1) is 20.3. The van der Waals surface area contributed by atoms with Gasteiger partial charge in [0.15, 0.2) is 0 Å². The molecule has 152 valence electrons. The fourth-order valence-corrected chi connectivity index (χ4v) is 3.13. The van der Waals surface area contributed by atoms with Gasteiger partial charge in [-0.15, -0.1) is 0 Å². The summed E-state index contributed by atoms with van der Waals surface area (Å²) in [7, 11) is 1.16. The number of fused-ring (bicyclic) bond motifs is 1. The highest BCUT2D eigenvalue weighted by Crippen LogP contribution is 2.36. The minimum atomic E-state index is -4.93. The van der Waals surface area contributed by atoms with Crippen molar-refractivity contribution in [3.63, 3.8) is 0 Å². The largest absolute Gasteiger partial charge is 0.465 e. The Morgan fingerprint density at radius 2 is 1.66 bits per heavy atom. The van der Waals surface area contributed by atoms with Gasteiger partial charge in [-0.25, -0.2) is 9.18 Å². The van der Waals surface area contributed by atoms with Crippen LogP contribution in [-0.2, 0) is 6.18 Å². The van der Waals surface area contributed by atoms with Gasteiger partial charge in [0.1, 0.15) is 5.82 Å². The lowest BCUT2D eigenvalue weighted by atomic mass is 10.0. The second-order valence-corrected chi connectivity index (χ2v) is 6.44. The van der Waals surface area contributed by atoms with Gasteiger partial charge in [0.2, 0.25) is 0 Å². The molecule has 3 rings (SSSR count). The number of carboxylic acid groups (broad SMARTS) is 1. The summed E-state index contributed by atoms with van der Waals surface area (Å²) in [5, 5.41) is 9.15. The summed E-state index contributed by atoms with van der Waals surface area (Å²) < 4.78 is 52.7. The molecule has 2 aromatic carbocycles. The monoisotopic (exact) mass is 410 g/mol. The van der Waals surface area contributed by atoms with Crippen molar-refractivity contribution in [1.82, 2.24) is 9.80 Å². The lowest BCUT2D eigenvalue weighted by Gasteiger charge is -2.30. The van der Waals surface area contributed by atoms with Gasteiger partial charge in [0, 0.05) is 13.6 Å². The van der Waals surface area contributed by atoms with Gasteiger partial charge in [-0.3, -0.25) is 14.5 Å². The van der Waals surface area contributed by atoms with E-state index >= 15 is 0 Å². The van der Waals surface area contributed by atoms with Crippen LogP contribution in [0.25, 0.3) is 0 Å². The summed E-state index contributed by atoms with van der Waals surface area (Å²) in [4.78, 5) is 38.2. The Bertz CT molecular complexity index is 971. The Morgan fingerprint density at radius 3 is 2.10 bits per heavy atom. The molecule has 6 nitrogen and oxygen atoms in total. The number of benzene rings is 2. The smallest absolute Gasteiger partial charge is 0.419 e. The summed E-state index contributed by atoms with van der Waals surface area (Å²) in [6.07, 6.45) is -6.31. The zero-order chi connectivity index (χ0) is 21.5. The molecular weight excluding hydrogens is 396 g/mol. The maximum Gasteiger partial charge on any atom is 0.419 e. The third-order valence-electron chi connectivity index (χ3n) is 4.59. The van der Waals surface area contributed by atoms with Crippen molar-refractivity contribution in [3.8, 4) is 0 Å². The molecule has 3 amide bonds. The molecule has 0 aromatic heterocycles. The molecule has 0 saturated carbocycles. The van der Waals surface area contributed by atoms with Crippen molar-refractivity contribution in [2.45, 2.75) is 12.2 Å². The first-order valence-electron chi connectivity index (χ1n) is 8.30. The predicted octanol–water partition coefficient (Wildman–Crippen LogP) is 3.79. The summed E-state index contributed by atoms with van der Waals surface area (Å²) in [6, 6.07) is 6.54. The number of halogens is 4. The average Bonchev–Trinajstić information content (AvgIpc) is 2.89. The fraction of sp³-hybridized carbons (Fsp3) is 0.211. The Labute approximate surface area is 161 Å². The standard InChI is InChI=1S/C19H14F4N2O4/c1-24(18(28)29)9-15(10-6-7-13(14(20)8-10)19(21,22)23)25-16(26)11-4-2-3-5-12(11)17(25)27/h2-8,15H,9H2,1H3,(H,28,29). The second kappa shape index (κ2) is 7.19. The topological polar surface area (TPSA) is 77.9 Å². The van der Waals surface area contributed by atoms with E-state index in [4.69, 9.17) is 5.11 Å². The second-order valence-electron chi connectivity index (χ2n) is 6.44. The number of nitrogens with zero attached hydrogens (tertiary/aromatic N) is 2. The van der Waals surface area contributed by atoms with E-state index in [2.05, 4.69) is 0 Å². The van der Waals surface area contributed by atoms with Gasteiger partial charge >= 0.3 is 12.3 Å². The van der Waals surface area contributed by atoms with Gasteiger partial charge in [0.05, 0.1) is 22.7 Å². The van der Waals surface area contributed by atoms with Gasteiger partial charge in [0.25, 0.3) is 11.8 Å². The van der Waals surface area contributed by atoms with Crippen molar-refractivity contribution in [2.75, 3.05) is 13.6 Å². The van der Waals surface area contributed by atoms with E-state index in [-0.39, 0.29) is 16.7 Å². The van der Waals surface area contributed by atoms with Crippen LogP contribution in [-0.4, -0.2) is 46.4 Å². The van der Waals surface area contributed by atoms with Crippen LogP contribution in [0.4, 0.5) is 22.4 Å². The maximum absolute atomic E-state index is 14.1. The molecule has 1 atom stereocenters. The zero-order valence-electron chi connectivity index (χ0n) is 14.9. The number of hydrogen-bond acceptors (Lipinski definition) is 3. The molecule has 0 bridgehead atoms. The SMILES string of the molecule is CN(CC(c1ccc(C(F)(F)F)c(F)c1)N1C(=O)c2ccccc2C1=O)C(=O)O. The number of rotatable bonds is 4. The van der Waals surface area contributed by atoms with Crippen LogP contribution >= 0.6 is 0 Å². The van der Waals surface area contributed by atoms with E-state index in [0.29, 0.717) is 12.1 Å². The Morgan fingerprint density at radius 1 is 1.10 bits per heavy atom. The van der Waals surface area contributed by atoms with Crippen LogP contribution in [0.3, 0.4) is 0 Å². The molecule has 1 aliphatic heterocycles. The zero-order valence-corrected chi connectivity index (χ0v) is 14.9. The molecule has 1 unspecified atom stereocenters. The lowest BCUT2D eigenvalue weighted by molar-refractivity contribution is -0.140. The molecule has 0 radical (unpaired) electrons. The summed E-state index contributed by atoms with van der Waals surface area (Å²) in [6.45, 7) is -0.453. The van der Waals surface area contributed by atoms with Crippen LogP contribution < -0.4 is 0 Å². The quantitative estimate of drug-likeness (QED) is 0.615. The summed E-state index contributed by atoms with van der Waals surface area (Å²) >= 11 is 0. The van der Waals surface area contributed by atoms with Crippen molar-refractivity contribution in [3.05, 3.63) is 70.5 Å². The molecule has 0 fully saturated rings. The predicted molar refractivity (Wildman–Crippen MR) is 91.7 cm³/mol.